The number of aliphatic hydroxyl groups is 1. The second kappa shape index (κ2) is 14.4. The average molecular weight is 246 g/mol. The fraction of sp³-hybridized carbons (Fsp3) is 0.500. The third-order valence-electron chi connectivity index (χ3n) is 1.02. The van der Waals surface area contributed by atoms with Gasteiger partial charge in [0.25, 0.3) is 0 Å². The summed E-state index contributed by atoms with van der Waals surface area (Å²) in [7, 11) is 2.36. The van der Waals surface area contributed by atoms with E-state index in [0.717, 1.165) is 18.3 Å². The van der Waals surface area contributed by atoms with Gasteiger partial charge in [-0.3, -0.25) is 0 Å². The van der Waals surface area contributed by atoms with E-state index in [-0.39, 0.29) is 5.97 Å². The molecule has 0 aliphatic heterocycles. The van der Waals surface area contributed by atoms with E-state index in [1.165, 1.54) is 19.3 Å². The summed E-state index contributed by atoms with van der Waals surface area (Å²) in [6.07, 6.45) is 2.61. The Bertz CT molecular complexity index is 269. The average Bonchev–Trinajstić information content (AvgIpc) is 2.18. The summed E-state index contributed by atoms with van der Waals surface area (Å²) in [6, 6.07) is 0. The zero-order valence-corrected chi connectivity index (χ0v) is 11.3. The highest BCUT2D eigenvalue weighted by molar-refractivity contribution is 5.82. The van der Waals surface area contributed by atoms with Crippen molar-refractivity contribution in [2.75, 3.05) is 14.2 Å². The number of allylic oxidation sites excluding steroid dienone is 2. The van der Waals surface area contributed by atoms with Crippen LogP contribution in [0.25, 0.3) is 0 Å². The number of carboxylic acids is 1. The number of aliphatic hydroxyl groups excluding tert-OH is 1. The Morgan fingerprint density at radius 3 is 1.35 bits per heavy atom. The molecule has 0 aliphatic carbocycles. The van der Waals surface area contributed by atoms with Crippen LogP contribution >= 0.6 is 0 Å². The SMILES string of the molecule is CC(C)=CC(=O)O.CO.COC(=O)C=C(C)C. The lowest BCUT2D eigenvalue weighted by molar-refractivity contribution is -0.135. The van der Waals surface area contributed by atoms with Gasteiger partial charge < -0.3 is 14.9 Å². The Hall–Kier alpha value is -1.62. The molecule has 0 rings (SSSR count). The molecule has 17 heavy (non-hydrogen) atoms. The monoisotopic (exact) mass is 246 g/mol. The summed E-state index contributed by atoms with van der Waals surface area (Å²) in [5.74, 6) is -1.16. The van der Waals surface area contributed by atoms with Crippen LogP contribution in [0.2, 0.25) is 0 Å². The van der Waals surface area contributed by atoms with Gasteiger partial charge >= 0.3 is 11.9 Å². The molecular formula is C12H22O5. The summed E-state index contributed by atoms with van der Waals surface area (Å²) < 4.78 is 4.35. The molecule has 0 radical (unpaired) electrons. The van der Waals surface area contributed by atoms with Crippen LogP contribution in [0, 0.1) is 0 Å². The molecule has 5 nitrogen and oxygen atoms in total. The first-order valence-electron chi connectivity index (χ1n) is 4.85. The van der Waals surface area contributed by atoms with E-state index in [2.05, 4.69) is 4.74 Å². The van der Waals surface area contributed by atoms with Crippen molar-refractivity contribution in [2.24, 2.45) is 0 Å². The van der Waals surface area contributed by atoms with Crippen molar-refractivity contribution in [1.29, 1.82) is 0 Å². The molecule has 0 atom stereocenters. The molecule has 0 aromatic rings. The molecule has 0 aromatic carbocycles. The van der Waals surface area contributed by atoms with Crippen LogP contribution < -0.4 is 0 Å². The van der Waals surface area contributed by atoms with Crippen LogP contribution in [0.1, 0.15) is 27.7 Å². The van der Waals surface area contributed by atoms with Gasteiger partial charge in [0.05, 0.1) is 7.11 Å². The molecule has 0 amide bonds. The lowest BCUT2D eigenvalue weighted by Gasteiger charge is -1.89. The molecule has 2 N–H and O–H groups in total. The van der Waals surface area contributed by atoms with Crippen molar-refractivity contribution in [2.45, 2.75) is 27.7 Å². The Kier molecular flexibility index (Phi) is 17.6. The van der Waals surface area contributed by atoms with Gasteiger partial charge in [0, 0.05) is 19.3 Å². The van der Waals surface area contributed by atoms with Crippen molar-refractivity contribution in [1.82, 2.24) is 0 Å². The van der Waals surface area contributed by atoms with Crippen LogP contribution in [0.5, 0.6) is 0 Å². The zero-order valence-electron chi connectivity index (χ0n) is 11.3. The molecule has 5 heteroatoms. The molecule has 0 aromatic heterocycles. The molecule has 0 spiro atoms. The van der Waals surface area contributed by atoms with E-state index in [1.54, 1.807) is 13.8 Å². The predicted molar refractivity (Wildman–Crippen MR) is 66.7 cm³/mol. The second-order valence-electron chi connectivity index (χ2n) is 3.30. The minimum absolute atomic E-state index is 0.287. The molecule has 0 saturated heterocycles. The highest BCUT2D eigenvalue weighted by atomic mass is 16.5. The summed E-state index contributed by atoms with van der Waals surface area (Å²) in [4.78, 5) is 20.1. The minimum Gasteiger partial charge on any atom is -0.478 e. The Balaban J connectivity index is -0.000000202. The van der Waals surface area contributed by atoms with Crippen molar-refractivity contribution < 1.29 is 24.5 Å². The van der Waals surface area contributed by atoms with E-state index in [9.17, 15) is 9.59 Å². The van der Waals surface area contributed by atoms with Crippen molar-refractivity contribution in [3.05, 3.63) is 23.3 Å². The maximum Gasteiger partial charge on any atom is 0.330 e. The van der Waals surface area contributed by atoms with Gasteiger partial charge in [-0.2, -0.15) is 0 Å². The van der Waals surface area contributed by atoms with Crippen molar-refractivity contribution >= 4 is 11.9 Å². The van der Waals surface area contributed by atoms with E-state index >= 15 is 0 Å². The molecule has 0 unspecified atom stereocenters. The third kappa shape index (κ3) is 31.4. The molecule has 0 saturated carbocycles. The topological polar surface area (TPSA) is 83.8 Å². The number of rotatable bonds is 2. The Labute approximate surface area is 102 Å². The van der Waals surface area contributed by atoms with Gasteiger partial charge in [-0.1, -0.05) is 11.1 Å². The summed E-state index contributed by atoms with van der Waals surface area (Å²) in [5.41, 5.74) is 1.77. The van der Waals surface area contributed by atoms with Crippen LogP contribution in [0.4, 0.5) is 0 Å². The predicted octanol–water partition coefficient (Wildman–Crippen LogP) is 1.77. The largest absolute Gasteiger partial charge is 0.478 e. The number of carboxylic acid groups (broad SMARTS) is 1. The van der Waals surface area contributed by atoms with Crippen LogP contribution in [0.3, 0.4) is 0 Å². The van der Waals surface area contributed by atoms with Gasteiger partial charge in [-0.05, 0) is 27.7 Å². The van der Waals surface area contributed by atoms with Crippen LogP contribution in [-0.2, 0) is 14.3 Å². The number of aliphatic carboxylic acids is 1. The van der Waals surface area contributed by atoms with Crippen LogP contribution in [-0.4, -0.2) is 36.4 Å². The highest BCUT2D eigenvalue weighted by Crippen LogP contribution is 1.88. The Morgan fingerprint density at radius 2 is 1.29 bits per heavy atom. The highest BCUT2D eigenvalue weighted by Gasteiger charge is 1.89. The van der Waals surface area contributed by atoms with E-state index in [4.69, 9.17) is 10.2 Å². The van der Waals surface area contributed by atoms with E-state index < -0.39 is 5.97 Å². The first kappa shape index (κ1) is 20.8. The smallest absolute Gasteiger partial charge is 0.330 e. The molecule has 0 fully saturated rings. The number of hydrogen-bond acceptors (Lipinski definition) is 4. The number of carbonyl (C=O) groups excluding carboxylic acids is 1. The van der Waals surface area contributed by atoms with Gasteiger partial charge in [-0.15, -0.1) is 0 Å². The summed E-state index contributed by atoms with van der Waals surface area (Å²) >= 11 is 0. The maximum atomic E-state index is 10.3. The van der Waals surface area contributed by atoms with Gasteiger partial charge in [-0.25, -0.2) is 9.59 Å². The molecule has 0 heterocycles. The van der Waals surface area contributed by atoms with Crippen LogP contribution in [0.15, 0.2) is 23.3 Å². The first-order chi connectivity index (χ1) is 7.79. The number of carbonyl (C=O) groups is 2. The summed E-state index contributed by atoms with van der Waals surface area (Å²) in [5, 5.41) is 15.0. The maximum absolute atomic E-state index is 10.3. The molecule has 0 aliphatic rings. The normalized spacial score (nSPS) is 7.24. The van der Waals surface area contributed by atoms with E-state index in [1.807, 2.05) is 13.8 Å². The van der Waals surface area contributed by atoms with Crippen molar-refractivity contribution in [3.8, 4) is 0 Å². The van der Waals surface area contributed by atoms with Gasteiger partial charge in [0.15, 0.2) is 0 Å². The first-order valence-corrected chi connectivity index (χ1v) is 4.85. The fourth-order valence-corrected chi connectivity index (χ4v) is 0.542. The van der Waals surface area contributed by atoms with Crippen molar-refractivity contribution in [3.63, 3.8) is 0 Å². The lowest BCUT2D eigenvalue weighted by Crippen LogP contribution is -1.94. The third-order valence-corrected chi connectivity index (χ3v) is 1.02. The van der Waals surface area contributed by atoms with E-state index in [0.29, 0.717) is 0 Å². The summed E-state index contributed by atoms with van der Waals surface area (Å²) in [6.45, 7) is 7.18. The molecule has 100 valence electrons. The fourth-order valence-electron chi connectivity index (χ4n) is 0.542. The number of methoxy groups -OCH3 is 1. The number of ether oxygens (including phenoxy) is 1. The Morgan fingerprint density at radius 1 is 0.941 bits per heavy atom. The minimum atomic E-state index is -0.875. The standard InChI is InChI=1S/C6H10O2.C5H8O2.CH4O/c1-5(2)4-6(7)8-3;1-4(2)3-5(6)7;1-2/h4H,1-3H3;3H,1-2H3,(H,6,7);2H,1H3. The zero-order chi connectivity index (χ0) is 14.4. The lowest BCUT2D eigenvalue weighted by atomic mass is 10.3. The number of hydrogen-bond donors (Lipinski definition) is 2. The van der Waals surface area contributed by atoms with Gasteiger partial charge in [0.1, 0.15) is 0 Å². The quantitative estimate of drug-likeness (QED) is 0.573. The molecule has 0 bridgehead atoms. The van der Waals surface area contributed by atoms with Gasteiger partial charge in [0.2, 0.25) is 0 Å². The second-order valence-corrected chi connectivity index (χ2v) is 3.30. The number of esters is 1. The molecular weight excluding hydrogens is 224 g/mol.